The van der Waals surface area contributed by atoms with E-state index >= 15 is 0 Å². The van der Waals surface area contributed by atoms with E-state index in [4.69, 9.17) is 4.74 Å². The van der Waals surface area contributed by atoms with Crippen LogP contribution in [0.4, 0.5) is 0 Å². The molecule has 0 saturated carbocycles. The molecule has 2 amide bonds. The van der Waals surface area contributed by atoms with E-state index in [9.17, 15) is 14.4 Å². The molecule has 0 aliphatic carbocycles. The summed E-state index contributed by atoms with van der Waals surface area (Å²) in [5.41, 5.74) is 0.000844. The Morgan fingerprint density at radius 3 is 2.31 bits per heavy atom. The summed E-state index contributed by atoms with van der Waals surface area (Å²) in [6.07, 6.45) is 8.12. The highest BCUT2D eigenvalue weighted by Gasteiger charge is 2.40. The maximum Gasteiger partial charge on any atom is 0.333 e. The number of nitrogens with zero attached hydrogens (tertiary/aromatic N) is 2. The van der Waals surface area contributed by atoms with E-state index in [2.05, 4.69) is 24.1 Å². The van der Waals surface area contributed by atoms with Crippen molar-refractivity contribution in [1.29, 1.82) is 0 Å². The highest BCUT2D eigenvalue weighted by Crippen LogP contribution is 2.26. The van der Waals surface area contributed by atoms with E-state index in [1.165, 1.54) is 0 Å². The standard InChI is InChI=1S/C29H53N3O4/c1-11-13-16-22(6)32-18-15-14-17-23(32)26(33)30-25(29(7,8)9)27(34)31(10)24(20(3)4)19-21(5)28(35)36-12-2/h19-20,22-25H,11-18H2,1-10H3,(H,30,33)/b21-19+/t22?,23?,24-,25-/m1/s1. The van der Waals surface area contributed by atoms with Crippen LogP contribution < -0.4 is 5.32 Å². The van der Waals surface area contributed by atoms with Crippen LogP contribution in [0.1, 0.15) is 101 Å². The second kappa shape index (κ2) is 14.7. The third-order valence-electron chi connectivity index (χ3n) is 7.28. The number of ether oxygens (including phenoxy) is 1. The van der Waals surface area contributed by atoms with Gasteiger partial charge in [0.05, 0.1) is 18.7 Å². The van der Waals surface area contributed by atoms with Crippen LogP contribution in [-0.4, -0.2) is 72.0 Å². The summed E-state index contributed by atoms with van der Waals surface area (Å²) >= 11 is 0. The predicted molar refractivity (Wildman–Crippen MR) is 147 cm³/mol. The smallest absolute Gasteiger partial charge is 0.333 e. The average Bonchev–Trinajstić information content (AvgIpc) is 2.82. The van der Waals surface area contributed by atoms with Gasteiger partial charge < -0.3 is 15.0 Å². The summed E-state index contributed by atoms with van der Waals surface area (Å²) < 4.78 is 5.13. The van der Waals surface area contributed by atoms with E-state index < -0.39 is 11.5 Å². The zero-order chi connectivity index (χ0) is 27.6. The number of hydrogen-bond acceptors (Lipinski definition) is 5. The summed E-state index contributed by atoms with van der Waals surface area (Å²) in [5.74, 6) is -0.505. The van der Waals surface area contributed by atoms with Gasteiger partial charge in [-0.05, 0) is 57.9 Å². The Kier molecular flexibility index (Phi) is 13.2. The topological polar surface area (TPSA) is 79.0 Å². The van der Waals surface area contributed by atoms with Crippen molar-refractivity contribution in [2.75, 3.05) is 20.2 Å². The minimum Gasteiger partial charge on any atom is -0.463 e. The lowest BCUT2D eigenvalue weighted by Crippen LogP contribution is -2.60. The summed E-state index contributed by atoms with van der Waals surface area (Å²) in [6, 6.07) is -0.847. The molecular weight excluding hydrogens is 454 g/mol. The molecule has 0 radical (unpaired) electrons. The maximum atomic E-state index is 13.8. The highest BCUT2D eigenvalue weighted by molar-refractivity contribution is 5.91. The van der Waals surface area contributed by atoms with Crippen molar-refractivity contribution in [3.63, 3.8) is 0 Å². The summed E-state index contributed by atoms with van der Waals surface area (Å²) in [7, 11) is 1.76. The Labute approximate surface area is 220 Å². The van der Waals surface area contributed by atoms with E-state index in [-0.39, 0.29) is 35.8 Å². The van der Waals surface area contributed by atoms with E-state index in [0.717, 1.165) is 45.1 Å². The fourth-order valence-electron chi connectivity index (χ4n) is 4.99. The van der Waals surface area contributed by atoms with Gasteiger partial charge in [-0.2, -0.15) is 0 Å². The third-order valence-corrected chi connectivity index (χ3v) is 7.28. The molecule has 0 aromatic carbocycles. The SMILES string of the molecule is CCCCC(C)N1CCCCC1C(=O)N[C@H](C(=O)N(C)[C@H](/C=C(\C)C(=O)OCC)C(C)C)C(C)(C)C. The van der Waals surface area contributed by atoms with Crippen LogP contribution in [0.15, 0.2) is 11.6 Å². The van der Waals surface area contributed by atoms with Crippen molar-refractivity contribution in [1.82, 2.24) is 15.1 Å². The minimum absolute atomic E-state index is 0.0564. The monoisotopic (exact) mass is 507 g/mol. The molecule has 2 unspecified atom stereocenters. The van der Waals surface area contributed by atoms with Gasteiger partial charge >= 0.3 is 5.97 Å². The van der Waals surface area contributed by atoms with Crippen LogP contribution in [0.2, 0.25) is 0 Å². The van der Waals surface area contributed by atoms with E-state index in [1.807, 2.05) is 34.6 Å². The number of esters is 1. The first kappa shape index (κ1) is 32.1. The molecule has 1 aliphatic heterocycles. The molecule has 0 aromatic rings. The third kappa shape index (κ3) is 9.20. The van der Waals surface area contributed by atoms with Crippen molar-refractivity contribution in [2.45, 2.75) is 125 Å². The van der Waals surface area contributed by atoms with Gasteiger partial charge in [0.2, 0.25) is 11.8 Å². The molecule has 4 atom stereocenters. The van der Waals surface area contributed by atoms with Gasteiger partial charge in [0.1, 0.15) is 6.04 Å². The Bertz CT molecular complexity index is 756. The molecule has 1 fully saturated rings. The second-order valence-corrected chi connectivity index (χ2v) is 11.8. The number of amides is 2. The van der Waals surface area contributed by atoms with Gasteiger partial charge in [0.25, 0.3) is 0 Å². The molecular formula is C29H53N3O4. The highest BCUT2D eigenvalue weighted by atomic mass is 16.5. The number of carbonyl (C=O) groups is 3. The molecule has 1 saturated heterocycles. The van der Waals surface area contributed by atoms with Gasteiger partial charge in [-0.15, -0.1) is 0 Å². The summed E-state index contributed by atoms with van der Waals surface area (Å²) in [6.45, 7) is 19.1. The Balaban J connectivity index is 3.15. The number of rotatable bonds is 12. The average molecular weight is 508 g/mol. The normalized spacial score (nSPS) is 20.0. The van der Waals surface area contributed by atoms with Crippen LogP contribution in [-0.2, 0) is 19.1 Å². The molecule has 0 bridgehead atoms. The molecule has 0 spiro atoms. The van der Waals surface area contributed by atoms with Crippen molar-refractivity contribution in [2.24, 2.45) is 11.3 Å². The molecule has 1 rings (SSSR count). The van der Waals surface area contributed by atoms with Crippen molar-refractivity contribution < 1.29 is 19.1 Å². The largest absolute Gasteiger partial charge is 0.463 e. The van der Waals surface area contributed by atoms with E-state index in [1.54, 1.807) is 31.9 Å². The fraction of sp³-hybridized carbons (Fsp3) is 0.828. The van der Waals surface area contributed by atoms with Crippen LogP contribution >= 0.6 is 0 Å². The quantitative estimate of drug-likeness (QED) is 0.299. The zero-order valence-electron chi connectivity index (χ0n) is 24.6. The molecule has 1 heterocycles. The van der Waals surface area contributed by atoms with E-state index in [0.29, 0.717) is 18.2 Å². The number of nitrogens with one attached hydrogen (secondary N) is 1. The van der Waals surface area contributed by atoms with Gasteiger partial charge in [-0.1, -0.05) is 66.9 Å². The first-order valence-electron chi connectivity index (χ1n) is 13.9. The molecule has 1 N–H and O–H groups in total. The lowest BCUT2D eigenvalue weighted by Gasteiger charge is -2.41. The first-order valence-corrected chi connectivity index (χ1v) is 13.9. The zero-order valence-corrected chi connectivity index (χ0v) is 24.6. The van der Waals surface area contributed by atoms with Gasteiger partial charge in [-0.3, -0.25) is 14.5 Å². The molecule has 36 heavy (non-hydrogen) atoms. The minimum atomic E-state index is -0.678. The lowest BCUT2D eigenvalue weighted by molar-refractivity contribution is -0.142. The number of unbranched alkanes of at least 4 members (excludes halogenated alkanes) is 1. The summed E-state index contributed by atoms with van der Waals surface area (Å²) in [4.78, 5) is 43.7. The molecule has 0 aromatic heterocycles. The van der Waals surface area contributed by atoms with Crippen LogP contribution in [0.5, 0.6) is 0 Å². The fourth-order valence-corrected chi connectivity index (χ4v) is 4.99. The lowest BCUT2D eigenvalue weighted by atomic mass is 9.84. The number of hydrogen-bond donors (Lipinski definition) is 1. The molecule has 7 heteroatoms. The Morgan fingerprint density at radius 1 is 1.14 bits per heavy atom. The number of carbonyl (C=O) groups excluding carboxylic acids is 3. The van der Waals surface area contributed by atoms with Crippen LogP contribution in [0, 0.1) is 11.3 Å². The summed E-state index contributed by atoms with van der Waals surface area (Å²) in [5, 5.41) is 3.15. The number of piperidine rings is 1. The predicted octanol–water partition coefficient (Wildman–Crippen LogP) is 4.94. The van der Waals surface area contributed by atoms with Crippen LogP contribution in [0.25, 0.3) is 0 Å². The Hall–Kier alpha value is -1.89. The van der Waals surface area contributed by atoms with Crippen molar-refractivity contribution in [3.8, 4) is 0 Å². The molecule has 7 nitrogen and oxygen atoms in total. The van der Waals surface area contributed by atoms with Gasteiger partial charge in [-0.25, -0.2) is 4.79 Å². The van der Waals surface area contributed by atoms with Gasteiger partial charge in [0.15, 0.2) is 0 Å². The van der Waals surface area contributed by atoms with Gasteiger partial charge in [0, 0.05) is 18.7 Å². The second-order valence-electron chi connectivity index (χ2n) is 11.8. The number of likely N-dealkylation sites (tertiary alicyclic amines) is 1. The molecule has 208 valence electrons. The number of likely N-dealkylation sites (N-methyl/N-ethyl adjacent to an activating group) is 1. The van der Waals surface area contributed by atoms with Crippen LogP contribution in [0.3, 0.4) is 0 Å². The molecule has 1 aliphatic rings. The van der Waals surface area contributed by atoms with Crippen molar-refractivity contribution in [3.05, 3.63) is 11.6 Å². The first-order chi connectivity index (χ1) is 16.8. The van der Waals surface area contributed by atoms with Crippen molar-refractivity contribution >= 4 is 17.8 Å². The Morgan fingerprint density at radius 2 is 1.78 bits per heavy atom. The maximum absolute atomic E-state index is 13.8.